The van der Waals surface area contributed by atoms with Crippen molar-refractivity contribution in [2.75, 3.05) is 46.0 Å². The molecular formula is C59H70N4O14. The Kier molecular flexibility index (Phi) is 21.6. The van der Waals surface area contributed by atoms with E-state index in [0.717, 1.165) is 25.9 Å². The zero-order valence-corrected chi connectivity index (χ0v) is 45.3. The molecule has 3 atom stereocenters. The summed E-state index contributed by atoms with van der Waals surface area (Å²) in [6, 6.07) is 25.6. The molecular weight excluding hydrogens is 989 g/mol. The number of hydrogen-bond acceptors (Lipinski definition) is 16. The van der Waals surface area contributed by atoms with E-state index in [4.69, 9.17) is 44.1 Å². The summed E-state index contributed by atoms with van der Waals surface area (Å²) in [7, 11) is 0. The van der Waals surface area contributed by atoms with Crippen LogP contribution in [0.15, 0.2) is 107 Å². The van der Waals surface area contributed by atoms with E-state index in [1.165, 1.54) is 68.8 Å². The van der Waals surface area contributed by atoms with Crippen LogP contribution < -0.4 is 11.1 Å². The lowest BCUT2D eigenvalue weighted by atomic mass is 9.84. The molecule has 0 fully saturated rings. The van der Waals surface area contributed by atoms with Crippen LogP contribution >= 0.6 is 0 Å². The lowest BCUT2D eigenvalue weighted by Gasteiger charge is -2.42. The molecule has 0 spiro atoms. The van der Waals surface area contributed by atoms with Crippen LogP contribution in [0.5, 0.6) is 0 Å². The highest BCUT2D eigenvalue weighted by Gasteiger charge is 2.38. The number of nitrogens with zero attached hydrogens (tertiary/aromatic N) is 2. The first-order valence-electron chi connectivity index (χ1n) is 25.5. The fourth-order valence-corrected chi connectivity index (χ4v) is 9.30. The Morgan fingerprint density at radius 3 is 1.57 bits per heavy atom. The number of benzene rings is 4. The molecule has 18 nitrogen and oxygen atoms in total. The van der Waals surface area contributed by atoms with Gasteiger partial charge in [-0.05, 0) is 144 Å². The van der Waals surface area contributed by atoms with E-state index in [0.29, 0.717) is 67.7 Å². The monoisotopic (exact) mass is 1060 g/mol. The molecule has 4 aromatic carbocycles. The summed E-state index contributed by atoms with van der Waals surface area (Å²) in [6.45, 7) is 20.7. The van der Waals surface area contributed by atoms with Gasteiger partial charge >= 0.3 is 42.1 Å². The Morgan fingerprint density at radius 1 is 0.662 bits per heavy atom. The largest absolute Gasteiger partial charge is 0.478 e. The van der Waals surface area contributed by atoms with E-state index in [-0.39, 0.29) is 35.3 Å². The summed E-state index contributed by atoms with van der Waals surface area (Å²) in [5, 5.41) is 11.9. The topological polar surface area (TPSA) is 247 Å². The summed E-state index contributed by atoms with van der Waals surface area (Å²) in [6.07, 6.45) is 1.38. The number of fused-ring (bicyclic) bond motifs is 6. The van der Waals surface area contributed by atoms with Crippen molar-refractivity contribution in [3.8, 4) is 0 Å². The van der Waals surface area contributed by atoms with Gasteiger partial charge < -0.3 is 34.5 Å². The first-order chi connectivity index (χ1) is 36.6. The van der Waals surface area contributed by atoms with E-state index in [1.807, 2.05) is 27.7 Å². The molecule has 0 bridgehead atoms. The van der Waals surface area contributed by atoms with Crippen molar-refractivity contribution in [1.82, 2.24) is 15.1 Å². The lowest BCUT2D eigenvalue weighted by molar-refractivity contribution is -0.191. The molecule has 0 saturated carbocycles. The average molecular weight is 1060 g/mol. The minimum atomic E-state index is -1.57. The zero-order chi connectivity index (χ0) is 56.6. The third kappa shape index (κ3) is 16.5. The standard InChI is InChI=1S/C23H32N2O4.C18H24N2O2.C17H14O6.CO2/c1-7-28-21(26)18-13-25-9-8-16-10-14(2)15(3)11-17(16)20(25)12-19(18)24-22(27)29-23(4,5)6;1-4-22-18(21)15-10-20-6-5-13-7-11(2)12(3)8-14(13)17(20)9-16(15)19;18-15(19)14(23-17(21)13-9-5-2-6-10-13)11-22-16(20)12-7-3-1-4-8-12;2-1-3/h10-11,20H,7-9,12-13H2,1-6H3,(H,24,27);7-8,17H,4-6,9-10,19H2,1-3H3;1-10,14H,11H2,(H,18,19);/t20-;17-;14-;/m000./s1. The molecule has 0 aliphatic carbocycles. The number of carboxylic acids is 1. The molecule has 18 heteroatoms. The molecule has 77 heavy (non-hydrogen) atoms. The highest BCUT2D eigenvalue weighted by atomic mass is 16.6. The Hall–Kier alpha value is -7.92. The van der Waals surface area contributed by atoms with Gasteiger partial charge in [0, 0.05) is 62.5 Å². The van der Waals surface area contributed by atoms with Gasteiger partial charge in [-0.25, -0.2) is 28.8 Å². The number of aryl methyl sites for hydroxylation is 4. The third-order valence-electron chi connectivity index (χ3n) is 13.3. The lowest BCUT2D eigenvalue weighted by Crippen LogP contribution is -2.45. The number of carboxylic acid groups (broad SMARTS) is 1. The Labute approximate surface area is 449 Å². The average Bonchev–Trinajstić information content (AvgIpc) is 3.42. The molecule has 0 unspecified atom stereocenters. The number of aliphatic carboxylic acids is 1. The summed E-state index contributed by atoms with van der Waals surface area (Å²) in [4.78, 5) is 92.7. The highest BCUT2D eigenvalue weighted by molar-refractivity contribution is 5.93. The van der Waals surface area contributed by atoms with Gasteiger partial charge in [0.25, 0.3) is 0 Å². The van der Waals surface area contributed by atoms with Crippen LogP contribution in [0.4, 0.5) is 4.79 Å². The number of nitrogens with two attached hydrogens (primary N) is 1. The molecule has 4 aliphatic heterocycles. The van der Waals surface area contributed by atoms with Crippen molar-refractivity contribution < 1.29 is 67.1 Å². The normalized spacial score (nSPS) is 16.8. The van der Waals surface area contributed by atoms with Crippen molar-refractivity contribution in [1.29, 1.82) is 0 Å². The van der Waals surface area contributed by atoms with E-state index in [9.17, 15) is 28.8 Å². The second-order valence-corrected chi connectivity index (χ2v) is 19.8. The van der Waals surface area contributed by atoms with Crippen LogP contribution in [0.2, 0.25) is 0 Å². The van der Waals surface area contributed by atoms with Crippen molar-refractivity contribution in [2.24, 2.45) is 5.73 Å². The minimum absolute atomic E-state index is 0.126. The maximum atomic E-state index is 12.6. The fraction of sp³-hybridized carbons (Fsp3) is 0.407. The quantitative estimate of drug-likeness (QED) is 0.0954. The molecule has 410 valence electrons. The molecule has 8 rings (SSSR count). The summed E-state index contributed by atoms with van der Waals surface area (Å²) in [5.41, 5.74) is 19.2. The number of rotatable bonds is 11. The van der Waals surface area contributed by atoms with Gasteiger partial charge in [-0.1, -0.05) is 60.7 Å². The number of amides is 1. The predicted octanol–water partition coefficient (Wildman–Crippen LogP) is 7.90. The van der Waals surface area contributed by atoms with Gasteiger partial charge in [-0.2, -0.15) is 9.59 Å². The zero-order valence-electron chi connectivity index (χ0n) is 45.3. The van der Waals surface area contributed by atoms with Gasteiger partial charge in [-0.15, -0.1) is 0 Å². The Balaban J connectivity index is 0.000000210. The molecule has 0 radical (unpaired) electrons. The molecule has 4 aromatic rings. The van der Waals surface area contributed by atoms with Gasteiger partial charge in [0.15, 0.2) is 0 Å². The smallest absolute Gasteiger partial charge is 0.411 e. The van der Waals surface area contributed by atoms with Crippen molar-refractivity contribution >= 4 is 42.1 Å². The number of carbonyl (C=O) groups excluding carboxylic acids is 7. The van der Waals surface area contributed by atoms with Gasteiger partial charge in [0.1, 0.15) is 12.2 Å². The Morgan fingerprint density at radius 2 is 1.10 bits per heavy atom. The summed E-state index contributed by atoms with van der Waals surface area (Å²) in [5.74, 6) is -3.51. The third-order valence-corrected chi connectivity index (χ3v) is 13.3. The number of ether oxygens (including phenoxy) is 5. The number of carbonyl (C=O) groups is 6. The van der Waals surface area contributed by atoms with Crippen molar-refractivity contribution in [2.45, 2.75) is 112 Å². The van der Waals surface area contributed by atoms with Crippen molar-refractivity contribution in [3.63, 3.8) is 0 Å². The van der Waals surface area contributed by atoms with E-state index < -0.39 is 42.3 Å². The summed E-state index contributed by atoms with van der Waals surface area (Å²) < 4.78 is 25.6. The number of hydrogen-bond donors (Lipinski definition) is 3. The van der Waals surface area contributed by atoms with Gasteiger partial charge in [-0.3, -0.25) is 15.1 Å². The minimum Gasteiger partial charge on any atom is -0.478 e. The van der Waals surface area contributed by atoms with Crippen LogP contribution in [0.3, 0.4) is 0 Å². The van der Waals surface area contributed by atoms with E-state index in [2.05, 4.69) is 67.1 Å². The number of nitrogens with one attached hydrogen (secondary N) is 1. The molecule has 4 N–H and O–H groups in total. The predicted molar refractivity (Wildman–Crippen MR) is 283 cm³/mol. The highest BCUT2D eigenvalue weighted by Crippen LogP contribution is 2.41. The van der Waals surface area contributed by atoms with Gasteiger partial charge in [0.05, 0.1) is 35.5 Å². The fourth-order valence-electron chi connectivity index (χ4n) is 9.30. The van der Waals surface area contributed by atoms with Crippen molar-refractivity contribution in [3.05, 3.63) is 163 Å². The molecule has 1 amide bonds. The molecule has 0 saturated heterocycles. The van der Waals surface area contributed by atoms with Crippen LogP contribution in [0.1, 0.15) is 125 Å². The Bertz CT molecular complexity index is 2890. The van der Waals surface area contributed by atoms with E-state index >= 15 is 0 Å². The van der Waals surface area contributed by atoms with Crippen LogP contribution in [-0.2, 0) is 60.5 Å². The first kappa shape index (κ1) is 60.0. The SMILES string of the molecule is CCOC(=O)C1=C(N)C[C@H]2c3cc(C)c(C)cc3CCN2C1.CCOC(=O)C1=C(NC(=O)OC(C)(C)C)C[C@H]2c3cc(C)c(C)cc3CCN2C1.O=C(OC[C@H](OC(=O)c1ccccc1)C(=O)O)c1ccccc1.O=C=O. The summed E-state index contributed by atoms with van der Waals surface area (Å²) >= 11 is 0. The van der Waals surface area contributed by atoms with Crippen LogP contribution in [0.25, 0.3) is 0 Å². The molecule has 0 aromatic heterocycles. The number of alkyl carbamates (subject to hydrolysis) is 1. The maximum absolute atomic E-state index is 12.6. The first-order valence-corrected chi connectivity index (χ1v) is 25.5. The van der Waals surface area contributed by atoms with Gasteiger partial charge in [0.2, 0.25) is 6.10 Å². The van der Waals surface area contributed by atoms with Crippen LogP contribution in [0, 0.1) is 27.7 Å². The molecule has 4 aliphatic rings. The number of esters is 4. The molecule has 4 heterocycles. The second kappa shape index (κ2) is 27.7. The second-order valence-electron chi connectivity index (χ2n) is 19.8. The van der Waals surface area contributed by atoms with E-state index in [1.54, 1.807) is 43.3 Å². The van der Waals surface area contributed by atoms with Crippen LogP contribution in [-0.4, -0.2) is 115 Å². The maximum Gasteiger partial charge on any atom is 0.411 e.